The number of nitrogens with zero attached hydrogens (tertiary/aromatic N) is 2. The van der Waals surface area contributed by atoms with Crippen LogP contribution >= 0.6 is 24.2 Å². The molecule has 0 spiro atoms. The second-order valence-electron chi connectivity index (χ2n) is 6.92. The normalized spacial score (nSPS) is 12.9. The van der Waals surface area contributed by atoms with Crippen LogP contribution in [0.3, 0.4) is 0 Å². The molecule has 0 amide bonds. The highest BCUT2D eigenvalue weighted by Gasteiger charge is 2.19. The minimum atomic E-state index is -0.270. The van der Waals surface area contributed by atoms with Crippen molar-refractivity contribution in [2.75, 3.05) is 6.26 Å². The van der Waals surface area contributed by atoms with Crippen molar-refractivity contribution in [2.24, 2.45) is 5.73 Å². The van der Waals surface area contributed by atoms with E-state index in [1.165, 1.54) is 17.0 Å². The molecule has 2 atom stereocenters. The lowest BCUT2D eigenvalue weighted by Crippen LogP contribution is -2.29. The van der Waals surface area contributed by atoms with Crippen molar-refractivity contribution in [2.45, 2.75) is 24.0 Å². The van der Waals surface area contributed by atoms with Crippen LogP contribution in [0.4, 0.5) is 4.39 Å². The highest BCUT2D eigenvalue weighted by atomic mass is 35.5. The fourth-order valence-corrected chi connectivity index (χ4v) is 3.70. The summed E-state index contributed by atoms with van der Waals surface area (Å²) in [5, 5.41) is 5.38. The average Bonchev–Trinajstić information content (AvgIpc) is 3.16. The van der Waals surface area contributed by atoms with E-state index in [0.29, 0.717) is 0 Å². The lowest BCUT2D eigenvalue weighted by Gasteiger charge is -2.23. The van der Waals surface area contributed by atoms with E-state index in [0.717, 1.165) is 27.9 Å². The number of hydrogen-bond acceptors (Lipinski definition) is 4. The first-order valence-electron chi connectivity index (χ1n) is 9.35. The topological polar surface area (TPSA) is 53.1 Å². The summed E-state index contributed by atoms with van der Waals surface area (Å²) in [6, 6.07) is 20.2. The number of fused-ring (bicyclic) bond motifs is 1. The molecule has 4 aromatic rings. The number of hydrogen-bond donors (Lipinski definition) is 1. The van der Waals surface area contributed by atoms with Gasteiger partial charge in [-0.3, -0.25) is 0 Å². The molecule has 0 radical (unpaired) electrons. The lowest BCUT2D eigenvalue weighted by atomic mass is 10.0. The summed E-state index contributed by atoms with van der Waals surface area (Å²) in [4.78, 5) is 1.20. The van der Waals surface area contributed by atoms with Crippen LogP contribution in [-0.4, -0.2) is 22.1 Å². The Kier molecular flexibility index (Phi) is 7.02. The summed E-state index contributed by atoms with van der Waals surface area (Å²) in [7, 11) is 0. The second-order valence-corrected chi connectivity index (χ2v) is 7.80. The van der Waals surface area contributed by atoms with E-state index in [-0.39, 0.29) is 30.4 Å². The van der Waals surface area contributed by atoms with Gasteiger partial charge in [0.1, 0.15) is 17.7 Å². The summed E-state index contributed by atoms with van der Waals surface area (Å²) in [5.74, 6) is 0.459. The minimum Gasteiger partial charge on any atom is -0.484 e. The Labute approximate surface area is 185 Å². The van der Waals surface area contributed by atoms with Gasteiger partial charge < -0.3 is 10.5 Å². The van der Waals surface area contributed by atoms with Gasteiger partial charge in [-0.25, -0.2) is 9.07 Å². The monoisotopic (exact) mass is 443 g/mol. The molecule has 4 nitrogen and oxygen atoms in total. The third-order valence-corrected chi connectivity index (χ3v) is 5.54. The van der Waals surface area contributed by atoms with Crippen LogP contribution in [-0.2, 0) is 0 Å². The Morgan fingerprint density at radius 2 is 1.73 bits per heavy atom. The molecule has 0 saturated carbocycles. The molecule has 0 aliphatic carbocycles. The fraction of sp³-hybridized carbons (Fsp3) is 0.174. The third-order valence-electron chi connectivity index (χ3n) is 4.80. The second kappa shape index (κ2) is 9.51. The smallest absolute Gasteiger partial charge is 0.138 e. The first-order valence-corrected chi connectivity index (χ1v) is 10.6. The van der Waals surface area contributed by atoms with Gasteiger partial charge in [-0.2, -0.15) is 5.10 Å². The van der Waals surface area contributed by atoms with Gasteiger partial charge >= 0.3 is 0 Å². The van der Waals surface area contributed by atoms with Crippen LogP contribution in [0.15, 0.2) is 77.8 Å². The molecule has 0 aliphatic heterocycles. The molecule has 1 aromatic heterocycles. The van der Waals surface area contributed by atoms with Crippen LogP contribution in [0.2, 0.25) is 0 Å². The molecule has 2 unspecified atom stereocenters. The van der Waals surface area contributed by atoms with Gasteiger partial charge in [0.15, 0.2) is 0 Å². The van der Waals surface area contributed by atoms with Gasteiger partial charge in [0, 0.05) is 16.3 Å². The molecule has 7 heteroatoms. The standard InChI is InChI=1S/C23H22FN3OS.ClH/c1-15(25)23(16-3-10-21(29-2)11-4-16)28-20-9-12-22-17(13-20)14-26-27(22)19-7-5-18(24)6-8-19;/h3-15,23H,25H2,1-2H3;1H. The Bertz CT molecular complexity index is 1110. The van der Waals surface area contributed by atoms with E-state index < -0.39 is 0 Å². The van der Waals surface area contributed by atoms with Gasteiger partial charge in [-0.15, -0.1) is 24.2 Å². The molecular formula is C23H23ClFN3OS. The average molecular weight is 444 g/mol. The Hall–Kier alpha value is -2.54. The molecule has 0 saturated heterocycles. The first-order chi connectivity index (χ1) is 14.0. The van der Waals surface area contributed by atoms with Crippen molar-refractivity contribution < 1.29 is 9.13 Å². The van der Waals surface area contributed by atoms with E-state index in [2.05, 4.69) is 35.6 Å². The number of thioether (sulfide) groups is 1. The minimum absolute atomic E-state index is 0. The van der Waals surface area contributed by atoms with Crippen LogP contribution in [0, 0.1) is 5.82 Å². The SMILES string of the molecule is CSc1ccc(C(Oc2ccc3c(cnn3-c3ccc(F)cc3)c2)C(C)N)cc1.Cl. The van der Waals surface area contributed by atoms with Gasteiger partial charge in [-0.05, 0) is 73.3 Å². The van der Waals surface area contributed by atoms with Gasteiger partial charge in [0.2, 0.25) is 0 Å². The largest absolute Gasteiger partial charge is 0.484 e. The summed E-state index contributed by atoms with van der Waals surface area (Å²) in [6.07, 6.45) is 3.57. The Morgan fingerprint density at radius 1 is 1.03 bits per heavy atom. The number of nitrogens with two attached hydrogens (primary N) is 1. The van der Waals surface area contributed by atoms with Crippen molar-refractivity contribution >= 4 is 35.1 Å². The van der Waals surface area contributed by atoms with Crippen LogP contribution in [0.25, 0.3) is 16.6 Å². The summed E-state index contributed by atoms with van der Waals surface area (Å²) >= 11 is 1.70. The first kappa shape index (κ1) is 22.2. The summed E-state index contributed by atoms with van der Waals surface area (Å²) in [6.45, 7) is 1.94. The molecule has 0 fully saturated rings. The van der Waals surface area contributed by atoms with Crippen molar-refractivity contribution in [3.8, 4) is 11.4 Å². The fourth-order valence-electron chi connectivity index (χ4n) is 3.29. The zero-order chi connectivity index (χ0) is 20.4. The maximum Gasteiger partial charge on any atom is 0.138 e. The molecule has 4 rings (SSSR count). The van der Waals surface area contributed by atoms with E-state index in [4.69, 9.17) is 10.5 Å². The molecule has 156 valence electrons. The van der Waals surface area contributed by atoms with Crippen LogP contribution in [0.1, 0.15) is 18.6 Å². The van der Waals surface area contributed by atoms with Crippen LogP contribution < -0.4 is 10.5 Å². The van der Waals surface area contributed by atoms with Crippen molar-refractivity contribution in [1.82, 2.24) is 9.78 Å². The van der Waals surface area contributed by atoms with Crippen molar-refractivity contribution in [3.05, 3.63) is 84.3 Å². The van der Waals surface area contributed by atoms with E-state index in [1.807, 2.05) is 25.1 Å². The predicted octanol–water partition coefficient (Wildman–Crippen LogP) is 5.78. The summed E-state index contributed by atoms with van der Waals surface area (Å²) in [5.41, 5.74) is 8.98. The zero-order valence-corrected chi connectivity index (χ0v) is 18.3. The summed E-state index contributed by atoms with van der Waals surface area (Å²) < 4.78 is 21.2. The molecule has 0 bridgehead atoms. The maximum atomic E-state index is 13.2. The van der Waals surface area contributed by atoms with E-state index >= 15 is 0 Å². The van der Waals surface area contributed by atoms with Gasteiger partial charge in [0.05, 0.1) is 17.4 Å². The number of benzene rings is 3. The maximum absolute atomic E-state index is 13.2. The molecule has 1 heterocycles. The molecular weight excluding hydrogens is 421 g/mol. The highest BCUT2D eigenvalue weighted by Crippen LogP contribution is 2.29. The third kappa shape index (κ3) is 4.61. The number of aromatic nitrogens is 2. The Balaban J connectivity index is 0.00000256. The van der Waals surface area contributed by atoms with Gasteiger partial charge in [-0.1, -0.05) is 12.1 Å². The predicted molar refractivity (Wildman–Crippen MR) is 124 cm³/mol. The van der Waals surface area contributed by atoms with E-state index in [1.54, 1.807) is 34.8 Å². The Morgan fingerprint density at radius 3 is 2.37 bits per heavy atom. The zero-order valence-electron chi connectivity index (χ0n) is 16.7. The molecule has 0 aliphatic rings. The van der Waals surface area contributed by atoms with Crippen molar-refractivity contribution in [1.29, 1.82) is 0 Å². The molecule has 3 aromatic carbocycles. The number of ether oxygens (including phenoxy) is 1. The number of halogens is 2. The number of rotatable bonds is 6. The van der Waals surface area contributed by atoms with E-state index in [9.17, 15) is 4.39 Å². The van der Waals surface area contributed by atoms with Crippen molar-refractivity contribution in [3.63, 3.8) is 0 Å². The molecule has 2 N–H and O–H groups in total. The molecule has 30 heavy (non-hydrogen) atoms. The van der Waals surface area contributed by atoms with Gasteiger partial charge in [0.25, 0.3) is 0 Å². The van der Waals surface area contributed by atoms with Crippen LogP contribution in [0.5, 0.6) is 5.75 Å². The lowest BCUT2D eigenvalue weighted by molar-refractivity contribution is 0.180. The quantitative estimate of drug-likeness (QED) is 0.384. The highest BCUT2D eigenvalue weighted by molar-refractivity contribution is 7.98.